The lowest BCUT2D eigenvalue weighted by atomic mass is 9.97. The van der Waals surface area contributed by atoms with Crippen LogP contribution in [0.15, 0.2) is 78.9 Å². The van der Waals surface area contributed by atoms with Gasteiger partial charge in [0.05, 0.1) is 0 Å². The zero-order chi connectivity index (χ0) is 15.4. The second-order valence-electron chi connectivity index (χ2n) is 6.05. The topological polar surface area (TPSA) is 19.9 Å². The number of benzene rings is 5. The summed E-state index contributed by atoms with van der Waals surface area (Å²) < 4.78 is 0. The number of rotatable bonds is 0. The minimum absolute atomic E-state index is 0.119. The van der Waals surface area contributed by atoms with E-state index in [-0.39, 0.29) is 5.75 Å². The molecule has 5 rings (SSSR count). The molecule has 0 aliphatic rings. The average molecular weight is 293 g/mol. The molecule has 0 atom stereocenters. The van der Waals surface area contributed by atoms with Gasteiger partial charge in [0.1, 0.15) is 0 Å². The molecule has 5 aromatic carbocycles. The van der Waals surface area contributed by atoms with Crippen molar-refractivity contribution in [3.05, 3.63) is 78.9 Å². The van der Waals surface area contributed by atoms with Gasteiger partial charge in [-0.05, 0) is 62.6 Å². The normalized spacial score (nSPS) is 11.7. The standard InChI is InChI=1S/C22H13O/c23-22-20-8-4-3-7-16(20)11-19-12-17-9-14-5-1-2-6-15(14)10-18(17)13-21(19)22/h1-13H. The first kappa shape index (κ1) is 12.5. The van der Waals surface area contributed by atoms with E-state index in [1.54, 1.807) is 0 Å². The highest BCUT2D eigenvalue weighted by Gasteiger charge is 2.09. The molecule has 0 unspecified atom stereocenters. The molecular weight excluding hydrogens is 280 g/mol. The molecule has 0 spiro atoms. The Labute approximate surface area is 133 Å². The van der Waals surface area contributed by atoms with Gasteiger partial charge in [0, 0.05) is 10.8 Å². The van der Waals surface area contributed by atoms with E-state index in [0.29, 0.717) is 0 Å². The fourth-order valence-corrected chi connectivity index (χ4v) is 3.47. The summed E-state index contributed by atoms with van der Waals surface area (Å²) in [4.78, 5) is 0. The largest absolute Gasteiger partial charge is 0.289 e. The van der Waals surface area contributed by atoms with Crippen LogP contribution >= 0.6 is 0 Å². The summed E-state index contributed by atoms with van der Waals surface area (Å²) in [5, 5.41) is 21.1. The Balaban J connectivity index is 1.97. The summed E-state index contributed by atoms with van der Waals surface area (Å²) in [6.45, 7) is 0. The van der Waals surface area contributed by atoms with Gasteiger partial charge in [0.15, 0.2) is 5.75 Å². The van der Waals surface area contributed by atoms with Crippen LogP contribution in [0.25, 0.3) is 43.1 Å². The Morgan fingerprint density at radius 3 is 1.70 bits per heavy atom. The predicted octanol–water partition coefficient (Wildman–Crippen LogP) is 6.44. The first-order valence-corrected chi connectivity index (χ1v) is 7.75. The maximum atomic E-state index is 12.8. The van der Waals surface area contributed by atoms with Gasteiger partial charge in [-0.2, -0.15) is 0 Å². The van der Waals surface area contributed by atoms with Crippen LogP contribution in [0.2, 0.25) is 0 Å². The molecule has 0 amide bonds. The lowest BCUT2D eigenvalue weighted by Gasteiger charge is -2.08. The number of hydrogen-bond donors (Lipinski definition) is 0. The third-order valence-electron chi connectivity index (χ3n) is 4.63. The minimum atomic E-state index is 0.119. The molecule has 1 nitrogen and oxygen atoms in total. The van der Waals surface area contributed by atoms with Gasteiger partial charge >= 0.3 is 0 Å². The molecule has 1 radical (unpaired) electrons. The lowest BCUT2D eigenvalue weighted by molar-refractivity contribution is 0.365. The van der Waals surface area contributed by atoms with E-state index in [4.69, 9.17) is 0 Å². The Hall–Kier alpha value is -3.06. The van der Waals surface area contributed by atoms with E-state index in [9.17, 15) is 5.11 Å². The van der Waals surface area contributed by atoms with Crippen LogP contribution in [0.1, 0.15) is 0 Å². The fraction of sp³-hybridized carbons (Fsp3) is 0. The second kappa shape index (κ2) is 4.47. The van der Waals surface area contributed by atoms with E-state index in [0.717, 1.165) is 26.9 Å². The van der Waals surface area contributed by atoms with Gasteiger partial charge in [-0.1, -0.05) is 48.5 Å². The molecule has 0 saturated heterocycles. The van der Waals surface area contributed by atoms with Crippen LogP contribution in [0.3, 0.4) is 0 Å². The summed E-state index contributed by atoms with van der Waals surface area (Å²) in [5.41, 5.74) is 0. The number of fused-ring (bicyclic) bond motifs is 4. The van der Waals surface area contributed by atoms with Crippen molar-refractivity contribution in [2.24, 2.45) is 0 Å². The Morgan fingerprint density at radius 2 is 0.957 bits per heavy atom. The minimum Gasteiger partial charge on any atom is -0.289 e. The zero-order valence-corrected chi connectivity index (χ0v) is 12.4. The summed E-state index contributed by atoms with van der Waals surface area (Å²) >= 11 is 0. The first-order valence-electron chi connectivity index (χ1n) is 7.75. The van der Waals surface area contributed by atoms with Gasteiger partial charge in [-0.15, -0.1) is 0 Å². The van der Waals surface area contributed by atoms with Gasteiger partial charge < -0.3 is 0 Å². The van der Waals surface area contributed by atoms with Gasteiger partial charge in [-0.3, -0.25) is 5.11 Å². The summed E-state index contributed by atoms with van der Waals surface area (Å²) in [7, 11) is 0. The highest BCUT2D eigenvalue weighted by atomic mass is 16.3. The summed E-state index contributed by atoms with van der Waals surface area (Å²) in [6, 6.07) is 26.8. The van der Waals surface area contributed by atoms with Crippen molar-refractivity contribution in [1.29, 1.82) is 0 Å². The van der Waals surface area contributed by atoms with E-state index in [1.807, 2.05) is 36.4 Å². The van der Waals surface area contributed by atoms with Crippen molar-refractivity contribution in [3.63, 3.8) is 0 Å². The molecule has 0 fully saturated rings. The summed E-state index contributed by atoms with van der Waals surface area (Å²) in [6.07, 6.45) is 0. The van der Waals surface area contributed by atoms with Crippen LogP contribution in [0, 0.1) is 0 Å². The van der Waals surface area contributed by atoms with Crippen molar-refractivity contribution >= 4 is 43.1 Å². The van der Waals surface area contributed by atoms with Crippen LogP contribution in [0.4, 0.5) is 0 Å². The molecule has 0 saturated carbocycles. The highest BCUT2D eigenvalue weighted by molar-refractivity contribution is 6.11. The van der Waals surface area contributed by atoms with Crippen LogP contribution in [-0.4, -0.2) is 0 Å². The van der Waals surface area contributed by atoms with Gasteiger partial charge in [-0.25, -0.2) is 0 Å². The Morgan fingerprint density at radius 1 is 0.435 bits per heavy atom. The Kier molecular flexibility index (Phi) is 2.42. The molecule has 0 N–H and O–H groups in total. The highest BCUT2D eigenvalue weighted by Crippen LogP contribution is 2.37. The van der Waals surface area contributed by atoms with Crippen molar-refractivity contribution < 1.29 is 5.11 Å². The first-order chi connectivity index (χ1) is 11.3. The van der Waals surface area contributed by atoms with Crippen LogP contribution < -0.4 is 0 Å². The second-order valence-corrected chi connectivity index (χ2v) is 6.05. The zero-order valence-electron chi connectivity index (χ0n) is 12.4. The van der Waals surface area contributed by atoms with Gasteiger partial charge in [0.2, 0.25) is 0 Å². The molecule has 107 valence electrons. The molecule has 0 heterocycles. The molecule has 1 heteroatoms. The molecule has 0 aromatic heterocycles. The van der Waals surface area contributed by atoms with E-state index in [2.05, 4.69) is 42.5 Å². The number of hydrogen-bond acceptors (Lipinski definition) is 0. The van der Waals surface area contributed by atoms with Crippen LogP contribution in [-0.2, 0) is 5.11 Å². The van der Waals surface area contributed by atoms with E-state index < -0.39 is 0 Å². The molecule has 23 heavy (non-hydrogen) atoms. The predicted molar refractivity (Wildman–Crippen MR) is 96.6 cm³/mol. The van der Waals surface area contributed by atoms with E-state index in [1.165, 1.54) is 16.2 Å². The van der Waals surface area contributed by atoms with E-state index >= 15 is 0 Å². The monoisotopic (exact) mass is 293 g/mol. The molecule has 0 aliphatic carbocycles. The molecule has 0 aliphatic heterocycles. The van der Waals surface area contributed by atoms with Crippen LogP contribution in [0.5, 0.6) is 5.75 Å². The molecular formula is C22H13O. The van der Waals surface area contributed by atoms with Crippen molar-refractivity contribution in [1.82, 2.24) is 0 Å². The molecule has 0 bridgehead atoms. The SMILES string of the molecule is [O]c1c2ccccc2cc2cc3cc4ccccc4cc3cc12. The quantitative estimate of drug-likeness (QED) is 0.293. The van der Waals surface area contributed by atoms with Gasteiger partial charge in [0.25, 0.3) is 0 Å². The Bertz CT molecular complexity index is 1220. The smallest absolute Gasteiger partial charge is 0.194 e. The molecule has 5 aromatic rings. The average Bonchev–Trinajstić information content (AvgIpc) is 2.59. The lowest BCUT2D eigenvalue weighted by Crippen LogP contribution is -1.81. The summed E-state index contributed by atoms with van der Waals surface area (Å²) in [5.74, 6) is 0.119. The van der Waals surface area contributed by atoms with Crippen molar-refractivity contribution in [3.8, 4) is 5.75 Å². The maximum Gasteiger partial charge on any atom is 0.194 e. The third kappa shape index (κ3) is 1.80. The van der Waals surface area contributed by atoms with Crippen molar-refractivity contribution in [2.75, 3.05) is 0 Å². The third-order valence-corrected chi connectivity index (χ3v) is 4.63. The fourth-order valence-electron chi connectivity index (χ4n) is 3.47. The van der Waals surface area contributed by atoms with Crippen molar-refractivity contribution in [2.45, 2.75) is 0 Å². The maximum absolute atomic E-state index is 12.8.